The molecule has 0 radical (unpaired) electrons. The zero-order valence-corrected chi connectivity index (χ0v) is 19.8. The van der Waals surface area contributed by atoms with Gasteiger partial charge in [-0.3, -0.25) is 0 Å². The van der Waals surface area contributed by atoms with Crippen molar-refractivity contribution in [2.45, 2.75) is 121 Å². The first-order valence-corrected chi connectivity index (χ1v) is 11.8. The van der Waals surface area contributed by atoms with Crippen LogP contribution in [-0.2, 0) is 0 Å². The van der Waals surface area contributed by atoms with E-state index in [2.05, 4.69) is 32.2 Å². The number of allylic oxidation sites excluding steroid dienone is 4. The van der Waals surface area contributed by atoms with E-state index in [1.54, 1.807) is 0 Å². The standard InChI is InChI=1S/C25H45ClO2.H3N/c1-4-5-6-7-8-9-10-11-12-13-14-15-16-17-18-19-20-25(26,21-23(2)27)22-24(3)28;/h11-12,27-28H,2-10,13-22H2,1H3;1H3/b12-11-;. The van der Waals surface area contributed by atoms with Gasteiger partial charge in [0.1, 0.15) is 0 Å². The summed E-state index contributed by atoms with van der Waals surface area (Å²) in [5, 5.41) is 18.9. The summed E-state index contributed by atoms with van der Waals surface area (Å²) in [6.07, 6.45) is 24.0. The van der Waals surface area contributed by atoms with Crippen LogP contribution in [0.4, 0.5) is 0 Å². The normalized spacial score (nSPS) is 11.5. The number of unbranched alkanes of at least 4 members (excludes halogenated alkanes) is 12. The van der Waals surface area contributed by atoms with Crippen molar-refractivity contribution in [3.05, 3.63) is 36.8 Å². The van der Waals surface area contributed by atoms with Crippen molar-refractivity contribution >= 4 is 11.6 Å². The van der Waals surface area contributed by atoms with Gasteiger partial charge in [-0.25, -0.2) is 0 Å². The minimum Gasteiger partial charge on any atom is -0.513 e. The molecule has 4 heteroatoms. The SMILES string of the molecule is C=C(O)CC(Cl)(CCCCCCCC/C=C\CCCCCCCC)CC(=C)O.N. The van der Waals surface area contributed by atoms with Crippen LogP contribution in [0, 0.1) is 0 Å². The molecule has 0 fully saturated rings. The van der Waals surface area contributed by atoms with E-state index in [0.29, 0.717) is 12.8 Å². The van der Waals surface area contributed by atoms with E-state index in [1.807, 2.05) is 0 Å². The van der Waals surface area contributed by atoms with Crippen LogP contribution in [0.3, 0.4) is 0 Å². The topological polar surface area (TPSA) is 75.5 Å². The van der Waals surface area contributed by atoms with Gasteiger partial charge in [-0.15, -0.1) is 11.6 Å². The Morgan fingerprint density at radius 2 is 1.10 bits per heavy atom. The Morgan fingerprint density at radius 3 is 1.52 bits per heavy atom. The summed E-state index contributed by atoms with van der Waals surface area (Å²) in [6.45, 7) is 9.32. The number of halogens is 1. The summed E-state index contributed by atoms with van der Waals surface area (Å²) < 4.78 is 0. The molecule has 0 rings (SSSR count). The Morgan fingerprint density at radius 1 is 0.724 bits per heavy atom. The fraction of sp³-hybridized carbons (Fsp3) is 0.760. The van der Waals surface area contributed by atoms with Crippen molar-refractivity contribution in [2.24, 2.45) is 0 Å². The lowest BCUT2D eigenvalue weighted by Gasteiger charge is -2.26. The van der Waals surface area contributed by atoms with E-state index in [9.17, 15) is 10.2 Å². The highest BCUT2D eigenvalue weighted by atomic mass is 35.5. The van der Waals surface area contributed by atoms with Gasteiger partial charge in [-0.2, -0.15) is 0 Å². The fourth-order valence-corrected chi connectivity index (χ4v) is 4.10. The van der Waals surface area contributed by atoms with Gasteiger partial charge in [0.2, 0.25) is 0 Å². The second-order valence-electron chi connectivity index (χ2n) is 8.32. The molecule has 0 aliphatic heterocycles. The highest BCUT2D eigenvalue weighted by Gasteiger charge is 2.28. The maximum absolute atomic E-state index is 9.44. The first kappa shape index (κ1) is 30.3. The summed E-state index contributed by atoms with van der Waals surface area (Å²) >= 11 is 6.54. The van der Waals surface area contributed by atoms with E-state index in [-0.39, 0.29) is 17.7 Å². The summed E-state index contributed by atoms with van der Waals surface area (Å²) in [4.78, 5) is -0.654. The average molecular weight is 430 g/mol. The molecule has 0 aromatic rings. The van der Waals surface area contributed by atoms with E-state index >= 15 is 0 Å². The van der Waals surface area contributed by atoms with Gasteiger partial charge in [0, 0.05) is 12.8 Å². The second-order valence-corrected chi connectivity index (χ2v) is 9.13. The van der Waals surface area contributed by atoms with Gasteiger partial charge in [-0.1, -0.05) is 96.4 Å². The van der Waals surface area contributed by atoms with Crippen molar-refractivity contribution in [1.29, 1.82) is 0 Å². The molecule has 0 aliphatic carbocycles. The van der Waals surface area contributed by atoms with Gasteiger partial charge in [-0.05, 0) is 32.1 Å². The Kier molecular flexibility index (Phi) is 21.2. The van der Waals surface area contributed by atoms with Gasteiger partial charge < -0.3 is 16.4 Å². The van der Waals surface area contributed by atoms with Crippen LogP contribution in [0.15, 0.2) is 36.8 Å². The molecule has 0 aliphatic rings. The first-order chi connectivity index (χ1) is 13.4. The molecule has 5 N–H and O–H groups in total. The molecule has 0 saturated heterocycles. The second kappa shape index (κ2) is 20.3. The number of hydrogen-bond donors (Lipinski definition) is 3. The summed E-state index contributed by atoms with van der Waals surface area (Å²) in [7, 11) is 0. The van der Waals surface area contributed by atoms with Crippen LogP contribution in [0.2, 0.25) is 0 Å². The first-order valence-electron chi connectivity index (χ1n) is 11.5. The van der Waals surface area contributed by atoms with Crippen molar-refractivity contribution in [3.63, 3.8) is 0 Å². The van der Waals surface area contributed by atoms with Crippen LogP contribution in [0.25, 0.3) is 0 Å². The Bertz CT molecular complexity index is 419. The van der Waals surface area contributed by atoms with Gasteiger partial charge in [0.15, 0.2) is 0 Å². The lowest BCUT2D eigenvalue weighted by atomic mass is 9.91. The highest BCUT2D eigenvalue weighted by molar-refractivity contribution is 6.24. The number of hydrogen-bond acceptors (Lipinski definition) is 3. The maximum Gasteiger partial charge on any atom is 0.0868 e. The zero-order chi connectivity index (χ0) is 21.1. The van der Waals surface area contributed by atoms with Crippen LogP contribution in [-0.4, -0.2) is 15.1 Å². The number of rotatable bonds is 20. The third-order valence-corrected chi connectivity index (χ3v) is 5.63. The molecule has 0 spiro atoms. The van der Waals surface area contributed by atoms with Crippen LogP contribution >= 0.6 is 11.6 Å². The number of aliphatic hydroxyl groups excluding tert-OH is 2. The Balaban J connectivity index is 0. The Hall–Kier alpha value is -0.930. The fourth-order valence-electron chi connectivity index (χ4n) is 3.66. The zero-order valence-electron chi connectivity index (χ0n) is 19.1. The van der Waals surface area contributed by atoms with Gasteiger partial charge >= 0.3 is 0 Å². The van der Waals surface area contributed by atoms with E-state index < -0.39 is 4.87 Å². The molecule has 0 unspecified atom stereocenters. The monoisotopic (exact) mass is 429 g/mol. The van der Waals surface area contributed by atoms with Crippen molar-refractivity contribution in [3.8, 4) is 0 Å². The van der Waals surface area contributed by atoms with Crippen LogP contribution in [0.5, 0.6) is 0 Å². The van der Waals surface area contributed by atoms with Crippen LogP contribution in [0.1, 0.15) is 116 Å². The average Bonchev–Trinajstić information content (AvgIpc) is 2.60. The van der Waals surface area contributed by atoms with Crippen molar-refractivity contribution in [2.75, 3.05) is 0 Å². The molecule has 0 atom stereocenters. The third kappa shape index (κ3) is 21.6. The molecule has 0 heterocycles. The molecule has 3 nitrogen and oxygen atoms in total. The van der Waals surface area contributed by atoms with Gasteiger partial charge in [0.25, 0.3) is 0 Å². The predicted molar refractivity (Wildman–Crippen MR) is 130 cm³/mol. The highest BCUT2D eigenvalue weighted by Crippen LogP contribution is 2.34. The maximum atomic E-state index is 9.44. The predicted octanol–water partition coefficient (Wildman–Crippen LogP) is 9.48. The van der Waals surface area contributed by atoms with Crippen molar-refractivity contribution < 1.29 is 10.2 Å². The lowest BCUT2D eigenvalue weighted by Crippen LogP contribution is -2.23. The number of alkyl halides is 1. The smallest absolute Gasteiger partial charge is 0.0868 e. The Labute approximate surface area is 185 Å². The lowest BCUT2D eigenvalue weighted by molar-refractivity contribution is 0.316. The molecule has 0 amide bonds. The molecular formula is C25H48ClNO2. The van der Waals surface area contributed by atoms with Gasteiger partial charge in [0.05, 0.1) is 16.4 Å². The third-order valence-electron chi connectivity index (χ3n) is 5.18. The number of aliphatic hydroxyl groups is 2. The minimum atomic E-state index is -0.654. The quantitative estimate of drug-likeness (QED) is 0.0779. The summed E-state index contributed by atoms with van der Waals surface area (Å²) in [6, 6.07) is 0. The van der Waals surface area contributed by atoms with E-state index in [0.717, 1.165) is 19.3 Å². The molecule has 172 valence electrons. The molecular weight excluding hydrogens is 382 g/mol. The van der Waals surface area contributed by atoms with E-state index in [4.69, 9.17) is 11.6 Å². The van der Waals surface area contributed by atoms with Crippen LogP contribution < -0.4 is 6.15 Å². The summed E-state index contributed by atoms with van der Waals surface area (Å²) in [5.74, 6) is 0.140. The molecule has 29 heavy (non-hydrogen) atoms. The molecule has 0 saturated carbocycles. The van der Waals surface area contributed by atoms with Crippen molar-refractivity contribution in [1.82, 2.24) is 6.15 Å². The summed E-state index contributed by atoms with van der Waals surface area (Å²) in [5.41, 5.74) is 0. The largest absolute Gasteiger partial charge is 0.513 e. The molecule has 0 aromatic heterocycles. The molecule has 0 aromatic carbocycles. The molecule has 0 bridgehead atoms. The minimum absolute atomic E-state index is 0. The van der Waals surface area contributed by atoms with E-state index in [1.165, 1.54) is 77.0 Å².